The van der Waals surface area contributed by atoms with Gasteiger partial charge in [0, 0.05) is 45.6 Å². The standard InChI is InChI=1S/C28H28Cl2N4O4S/c1-17-13-21(27(35)31-9-12-34-10-2-3-11-34)26(32-17)15-20-19-14-18(7-8-25(19)33-28(20)36)39(37,38)16-22-23(29)5-4-6-24(22)30/h4-8,13-15,32H,2-3,9-12,16H2,1H3,(H,31,35)(H,33,36)/b20-15-. The number of benzene rings is 2. The molecule has 3 aromatic rings. The molecular formula is C28H28Cl2N4O4S. The second-order valence-electron chi connectivity index (χ2n) is 9.76. The molecule has 2 amide bonds. The van der Waals surface area contributed by atoms with Crippen LogP contribution >= 0.6 is 23.2 Å². The van der Waals surface area contributed by atoms with Crippen molar-refractivity contribution in [2.24, 2.45) is 0 Å². The van der Waals surface area contributed by atoms with Gasteiger partial charge in [-0.15, -0.1) is 0 Å². The molecule has 8 nitrogen and oxygen atoms in total. The number of likely N-dealkylation sites (tertiary alicyclic amines) is 1. The molecule has 0 atom stereocenters. The predicted octanol–water partition coefficient (Wildman–Crippen LogP) is 4.92. The number of nitrogens with zero attached hydrogens (tertiary/aromatic N) is 1. The van der Waals surface area contributed by atoms with Crippen molar-refractivity contribution >= 4 is 62.2 Å². The van der Waals surface area contributed by atoms with Crippen LogP contribution in [0.25, 0.3) is 11.6 Å². The molecule has 0 spiro atoms. The molecule has 2 aromatic carbocycles. The topological polar surface area (TPSA) is 111 Å². The van der Waals surface area contributed by atoms with Gasteiger partial charge in [-0.05, 0) is 75.3 Å². The minimum absolute atomic E-state index is 0.0298. The molecule has 1 fully saturated rings. The second-order valence-corrected chi connectivity index (χ2v) is 12.6. The van der Waals surface area contributed by atoms with E-state index in [0.717, 1.165) is 25.3 Å². The van der Waals surface area contributed by atoms with Crippen LogP contribution in [0.3, 0.4) is 0 Å². The van der Waals surface area contributed by atoms with Crippen LogP contribution in [0.4, 0.5) is 5.69 Å². The van der Waals surface area contributed by atoms with E-state index in [-0.39, 0.29) is 38.1 Å². The number of rotatable bonds is 8. The van der Waals surface area contributed by atoms with Crippen molar-refractivity contribution in [1.29, 1.82) is 0 Å². The first-order valence-corrected chi connectivity index (χ1v) is 15.1. The zero-order valence-electron chi connectivity index (χ0n) is 21.3. The Bertz CT molecular complexity index is 1570. The Morgan fingerprint density at radius 3 is 2.54 bits per heavy atom. The molecule has 0 unspecified atom stereocenters. The van der Waals surface area contributed by atoms with Crippen LogP contribution in [0.15, 0.2) is 47.4 Å². The molecule has 204 valence electrons. The second kappa shape index (κ2) is 11.2. The highest BCUT2D eigenvalue weighted by molar-refractivity contribution is 7.90. The number of hydrogen-bond donors (Lipinski definition) is 3. The lowest BCUT2D eigenvalue weighted by molar-refractivity contribution is -0.110. The Morgan fingerprint density at radius 1 is 1.10 bits per heavy atom. The average molecular weight is 588 g/mol. The zero-order chi connectivity index (χ0) is 27.7. The van der Waals surface area contributed by atoms with E-state index in [0.29, 0.717) is 34.6 Å². The first-order valence-electron chi connectivity index (χ1n) is 12.7. The van der Waals surface area contributed by atoms with Crippen molar-refractivity contribution < 1.29 is 18.0 Å². The van der Waals surface area contributed by atoms with E-state index in [4.69, 9.17) is 23.2 Å². The number of aromatic nitrogens is 1. The Hall–Kier alpha value is -3.11. The van der Waals surface area contributed by atoms with E-state index in [1.165, 1.54) is 25.0 Å². The summed E-state index contributed by atoms with van der Waals surface area (Å²) in [5, 5.41) is 6.26. The quantitative estimate of drug-likeness (QED) is 0.324. The molecule has 0 aliphatic carbocycles. The Kier molecular flexibility index (Phi) is 7.87. The fourth-order valence-corrected chi connectivity index (χ4v) is 7.05. The third-order valence-corrected chi connectivity index (χ3v) is 9.31. The maximum atomic E-state index is 13.3. The molecular weight excluding hydrogens is 559 g/mol. The SMILES string of the molecule is Cc1cc(C(=O)NCCN2CCCC2)c(/C=C2\C(=O)Nc3ccc(S(=O)(=O)Cc4c(Cl)cccc4Cl)cc32)[nH]1. The number of carbonyl (C=O) groups is 2. The van der Waals surface area contributed by atoms with Gasteiger partial charge in [0.25, 0.3) is 11.8 Å². The molecule has 1 saturated heterocycles. The van der Waals surface area contributed by atoms with Gasteiger partial charge < -0.3 is 20.5 Å². The minimum Gasteiger partial charge on any atom is -0.358 e. The van der Waals surface area contributed by atoms with Crippen LogP contribution in [-0.2, 0) is 20.4 Å². The van der Waals surface area contributed by atoms with Gasteiger partial charge >= 0.3 is 0 Å². The Balaban J connectivity index is 1.42. The number of anilines is 1. The van der Waals surface area contributed by atoms with E-state index in [2.05, 4.69) is 20.5 Å². The van der Waals surface area contributed by atoms with Gasteiger partial charge in [0.15, 0.2) is 9.84 Å². The van der Waals surface area contributed by atoms with Crippen LogP contribution in [0.5, 0.6) is 0 Å². The predicted molar refractivity (Wildman–Crippen MR) is 154 cm³/mol. The molecule has 2 aliphatic heterocycles. The van der Waals surface area contributed by atoms with Crippen molar-refractivity contribution in [3.63, 3.8) is 0 Å². The maximum absolute atomic E-state index is 13.3. The first kappa shape index (κ1) is 27.5. The average Bonchev–Trinajstić information content (AvgIpc) is 3.61. The number of amides is 2. The zero-order valence-corrected chi connectivity index (χ0v) is 23.6. The van der Waals surface area contributed by atoms with Crippen molar-refractivity contribution in [2.75, 3.05) is 31.5 Å². The molecule has 2 aliphatic rings. The number of aromatic amines is 1. The molecule has 3 N–H and O–H groups in total. The van der Waals surface area contributed by atoms with Crippen LogP contribution in [0.1, 0.15) is 45.7 Å². The fraction of sp³-hybridized carbons (Fsp3) is 0.286. The fourth-order valence-electron chi connectivity index (χ4n) is 4.93. The van der Waals surface area contributed by atoms with Gasteiger partial charge in [0.1, 0.15) is 0 Å². The maximum Gasteiger partial charge on any atom is 0.256 e. The van der Waals surface area contributed by atoms with E-state index in [1.54, 1.807) is 36.4 Å². The lowest BCUT2D eigenvalue weighted by Gasteiger charge is -2.14. The molecule has 0 radical (unpaired) electrons. The van der Waals surface area contributed by atoms with Crippen molar-refractivity contribution in [3.05, 3.63) is 80.6 Å². The highest BCUT2D eigenvalue weighted by atomic mass is 35.5. The van der Waals surface area contributed by atoms with Gasteiger partial charge in [-0.3, -0.25) is 9.59 Å². The van der Waals surface area contributed by atoms with Gasteiger partial charge in [0.2, 0.25) is 0 Å². The highest BCUT2D eigenvalue weighted by Crippen LogP contribution is 2.36. The summed E-state index contributed by atoms with van der Waals surface area (Å²) in [5.41, 5.74) is 3.14. The van der Waals surface area contributed by atoms with E-state index in [9.17, 15) is 18.0 Å². The monoisotopic (exact) mass is 586 g/mol. The van der Waals surface area contributed by atoms with Gasteiger partial charge in [-0.2, -0.15) is 0 Å². The molecule has 0 saturated carbocycles. The van der Waals surface area contributed by atoms with E-state index in [1.807, 2.05) is 6.92 Å². The van der Waals surface area contributed by atoms with Crippen molar-refractivity contribution in [3.8, 4) is 0 Å². The summed E-state index contributed by atoms with van der Waals surface area (Å²) in [6, 6.07) is 11.0. The Morgan fingerprint density at radius 2 is 1.82 bits per heavy atom. The number of carbonyl (C=O) groups excluding carboxylic acids is 2. The number of hydrogen-bond acceptors (Lipinski definition) is 5. The number of nitrogens with one attached hydrogen (secondary N) is 3. The number of sulfone groups is 1. The minimum atomic E-state index is -3.84. The summed E-state index contributed by atoms with van der Waals surface area (Å²) in [6.45, 7) is 5.25. The molecule has 39 heavy (non-hydrogen) atoms. The third-order valence-electron chi connectivity index (χ3n) is 6.96. The van der Waals surface area contributed by atoms with Crippen LogP contribution in [0, 0.1) is 6.92 Å². The number of halogens is 2. The smallest absolute Gasteiger partial charge is 0.256 e. The van der Waals surface area contributed by atoms with Crippen molar-refractivity contribution in [1.82, 2.24) is 15.2 Å². The summed E-state index contributed by atoms with van der Waals surface area (Å²) >= 11 is 12.4. The Labute approximate surface area is 237 Å². The van der Waals surface area contributed by atoms with Gasteiger partial charge in [-0.1, -0.05) is 29.3 Å². The molecule has 3 heterocycles. The summed E-state index contributed by atoms with van der Waals surface area (Å²) in [4.78, 5) is 31.4. The van der Waals surface area contributed by atoms with Crippen LogP contribution < -0.4 is 10.6 Å². The first-order chi connectivity index (χ1) is 18.6. The largest absolute Gasteiger partial charge is 0.358 e. The molecule has 5 rings (SSSR count). The molecule has 1 aromatic heterocycles. The normalized spacial score (nSPS) is 16.5. The van der Waals surface area contributed by atoms with Gasteiger partial charge in [-0.25, -0.2) is 8.42 Å². The lowest BCUT2D eigenvalue weighted by Crippen LogP contribution is -2.33. The lowest BCUT2D eigenvalue weighted by atomic mass is 10.0. The van der Waals surface area contributed by atoms with E-state index < -0.39 is 9.84 Å². The molecule has 11 heteroatoms. The molecule has 0 bridgehead atoms. The van der Waals surface area contributed by atoms with Crippen LogP contribution in [-0.4, -0.2) is 56.3 Å². The van der Waals surface area contributed by atoms with E-state index >= 15 is 0 Å². The highest BCUT2D eigenvalue weighted by Gasteiger charge is 2.28. The number of aryl methyl sites for hydroxylation is 1. The summed E-state index contributed by atoms with van der Waals surface area (Å²) < 4.78 is 26.6. The van der Waals surface area contributed by atoms with Gasteiger partial charge in [0.05, 0.1) is 27.5 Å². The summed E-state index contributed by atoms with van der Waals surface area (Å²) in [6.07, 6.45) is 3.96. The van der Waals surface area contributed by atoms with Crippen molar-refractivity contribution in [2.45, 2.75) is 30.4 Å². The number of H-pyrrole nitrogens is 1. The van der Waals surface area contributed by atoms with Crippen LogP contribution in [0.2, 0.25) is 10.0 Å². The number of fused-ring (bicyclic) bond motifs is 1. The summed E-state index contributed by atoms with van der Waals surface area (Å²) in [5.74, 6) is -1.01. The summed E-state index contributed by atoms with van der Waals surface area (Å²) in [7, 11) is -3.84. The third kappa shape index (κ3) is 5.91.